The number of anilines is 1. The average molecular weight is 632 g/mol. The Morgan fingerprint density at radius 3 is 2.50 bits per heavy atom. The fraction of sp³-hybridized carbons (Fsp3) is 0.367. The Balaban J connectivity index is 1.33. The average Bonchev–Trinajstić information content (AvgIpc) is 3.37. The zero-order chi connectivity index (χ0) is 29.9. The molecule has 2 fully saturated rings. The third kappa shape index (κ3) is 4.78. The molecule has 2 aliphatic rings. The molecule has 0 radical (unpaired) electrons. The number of nitrogens with one attached hydrogen (secondary N) is 1. The molecule has 12 heteroatoms. The van der Waals surface area contributed by atoms with E-state index in [9.17, 15) is 14.4 Å². The Hall–Kier alpha value is -4.03. The van der Waals surface area contributed by atoms with Crippen LogP contribution in [0.3, 0.4) is 0 Å². The number of nitrogens with zero attached hydrogens (tertiary/aromatic N) is 6. The third-order valence-corrected chi connectivity index (χ3v) is 8.93. The van der Waals surface area contributed by atoms with Gasteiger partial charge in [-0.1, -0.05) is 6.07 Å². The third-order valence-electron chi connectivity index (χ3n) is 8.49. The minimum Gasteiger partial charge on any atom is -0.330 e. The van der Waals surface area contributed by atoms with Crippen molar-refractivity contribution in [3.8, 4) is 11.1 Å². The maximum absolute atomic E-state index is 14.0. The maximum Gasteiger partial charge on any atom is 0.248 e. The van der Waals surface area contributed by atoms with Crippen LogP contribution in [0.15, 0.2) is 41.3 Å². The molecule has 216 valence electrons. The van der Waals surface area contributed by atoms with Crippen molar-refractivity contribution in [2.75, 3.05) is 11.9 Å². The zero-order valence-corrected chi connectivity index (χ0v) is 25.4. The molecule has 42 heavy (non-hydrogen) atoms. The minimum absolute atomic E-state index is 0.118. The van der Waals surface area contributed by atoms with Gasteiger partial charge in [0.25, 0.3) is 0 Å². The van der Waals surface area contributed by atoms with Crippen molar-refractivity contribution in [1.82, 2.24) is 29.6 Å². The lowest BCUT2D eigenvalue weighted by Crippen LogP contribution is -2.47. The number of amides is 2. The maximum atomic E-state index is 14.0. The summed E-state index contributed by atoms with van der Waals surface area (Å²) < 4.78 is 2.18. The van der Waals surface area contributed by atoms with Crippen molar-refractivity contribution in [3.05, 3.63) is 63.9 Å². The Labute approximate surface area is 251 Å². The number of carbonyl (C=O) groups is 3. The summed E-state index contributed by atoms with van der Waals surface area (Å²) in [5.74, 6) is 0.356. The monoisotopic (exact) mass is 630 g/mol. The van der Waals surface area contributed by atoms with Crippen molar-refractivity contribution >= 4 is 50.2 Å². The first-order chi connectivity index (χ1) is 20.0. The van der Waals surface area contributed by atoms with Gasteiger partial charge in [-0.2, -0.15) is 5.10 Å². The predicted octanol–water partition coefficient (Wildman–Crippen LogP) is 3.74. The number of Topliss-reactive ketones (excluding diaryl/α,β-unsaturated/α-hetero) is 1. The summed E-state index contributed by atoms with van der Waals surface area (Å²) in [6.07, 6.45) is 4.73. The van der Waals surface area contributed by atoms with Gasteiger partial charge < -0.3 is 16.0 Å². The molecule has 1 aliphatic carbocycles. The van der Waals surface area contributed by atoms with Gasteiger partial charge in [0.2, 0.25) is 11.8 Å². The van der Waals surface area contributed by atoms with E-state index in [-0.39, 0.29) is 41.3 Å². The van der Waals surface area contributed by atoms with Crippen LogP contribution in [0.4, 0.5) is 5.82 Å². The molecule has 1 aliphatic heterocycles. The molecule has 0 bridgehead atoms. The summed E-state index contributed by atoms with van der Waals surface area (Å²) in [6.45, 7) is 7.34. The lowest BCUT2D eigenvalue weighted by molar-refractivity contribution is -0.138. The van der Waals surface area contributed by atoms with Crippen LogP contribution in [0.2, 0.25) is 0 Å². The van der Waals surface area contributed by atoms with Crippen LogP contribution >= 0.6 is 15.9 Å². The van der Waals surface area contributed by atoms with Gasteiger partial charge in [0.15, 0.2) is 5.78 Å². The van der Waals surface area contributed by atoms with Crippen LogP contribution in [0, 0.1) is 26.2 Å². The molecule has 0 spiro atoms. The molecule has 1 unspecified atom stereocenters. The van der Waals surface area contributed by atoms with Crippen LogP contribution in [-0.2, 0) is 16.1 Å². The molecule has 2 amide bonds. The largest absolute Gasteiger partial charge is 0.330 e. The highest BCUT2D eigenvalue weighted by Crippen LogP contribution is 2.59. The highest BCUT2D eigenvalue weighted by molar-refractivity contribution is 9.10. The number of fused-ring (bicyclic) bond motifs is 2. The number of halogens is 1. The van der Waals surface area contributed by atoms with E-state index in [0.717, 1.165) is 28.7 Å². The molecule has 6 rings (SSSR count). The molecule has 3 aromatic heterocycles. The number of carbonyl (C=O) groups excluding carboxylic acids is 3. The van der Waals surface area contributed by atoms with Gasteiger partial charge in [-0.3, -0.25) is 19.1 Å². The van der Waals surface area contributed by atoms with E-state index in [1.165, 1.54) is 6.92 Å². The molecule has 4 aromatic rings. The minimum atomic E-state index is -0.691. The smallest absolute Gasteiger partial charge is 0.248 e. The number of likely N-dealkylation sites (tertiary alicyclic amines) is 1. The van der Waals surface area contributed by atoms with Crippen LogP contribution < -0.4 is 11.1 Å². The number of rotatable bonds is 7. The topological polar surface area (TPSA) is 149 Å². The second-order valence-corrected chi connectivity index (χ2v) is 12.2. The number of ketones is 1. The fourth-order valence-electron chi connectivity index (χ4n) is 6.16. The van der Waals surface area contributed by atoms with Gasteiger partial charge >= 0.3 is 0 Å². The van der Waals surface area contributed by atoms with Crippen LogP contribution in [-0.4, -0.2) is 65.9 Å². The highest BCUT2D eigenvalue weighted by Gasteiger charge is 2.66. The van der Waals surface area contributed by atoms with Gasteiger partial charge in [0.05, 0.1) is 5.52 Å². The van der Waals surface area contributed by atoms with E-state index in [1.54, 1.807) is 28.0 Å². The first-order valence-corrected chi connectivity index (χ1v) is 14.6. The van der Waals surface area contributed by atoms with Gasteiger partial charge in [0.1, 0.15) is 34.5 Å². The molecule has 4 heterocycles. The number of nitrogens with two attached hydrogens (primary N) is 1. The van der Waals surface area contributed by atoms with Gasteiger partial charge in [-0.05, 0) is 84.4 Å². The van der Waals surface area contributed by atoms with E-state index >= 15 is 0 Å². The number of aromatic nitrogens is 5. The molecular formula is C30H31BrN8O3. The Morgan fingerprint density at radius 2 is 1.81 bits per heavy atom. The number of piperidine rings is 1. The Morgan fingerprint density at radius 1 is 1.07 bits per heavy atom. The quantitative estimate of drug-likeness (QED) is 0.232. The number of benzene rings is 1. The first-order valence-electron chi connectivity index (χ1n) is 13.8. The van der Waals surface area contributed by atoms with Crippen molar-refractivity contribution in [3.63, 3.8) is 0 Å². The van der Waals surface area contributed by atoms with Crippen molar-refractivity contribution < 1.29 is 14.4 Å². The zero-order valence-electron chi connectivity index (χ0n) is 23.8. The van der Waals surface area contributed by atoms with Crippen LogP contribution in [0.5, 0.6) is 0 Å². The molecule has 11 nitrogen and oxygen atoms in total. The molecular weight excluding hydrogens is 600 g/mol. The molecule has 3 N–H and O–H groups in total. The van der Waals surface area contributed by atoms with Crippen molar-refractivity contribution in [2.45, 2.75) is 59.2 Å². The summed E-state index contributed by atoms with van der Waals surface area (Å²) in [6, 6.07) is 6.72. The summed E-state index contributed by atoms with van der Waals surface area (Å²) in [5.41, 5.74) is 10.2. The molecule has 3 atom stereocenters. The van der Waals surface area contributed by atoms with Crippen LogP contribution in [0.25, 0.3) is 22.0 Å². The first kappa shape index (κ1) is 28.1. The van der Waals surface area contributed by atoms with Crippen molar-refractivity contribution in [1.29, 1.82) is 0 Å². The molecule has 1 saturated heterocycles. The second-order valence-electron chi connectivity index (χ2n) is 11.4. The Bertz CT molecular complexity index is 1770. The van der Waals surface area contributed by atoms with E-state index in [4.69, 9.17) is 5.73 Å². The normalized spacial score (nSPS) is 21.0. The summed E-state index contributed by atoms with van der Waals surface area (Å²) >= 11 is 3.35. The summed E-state index contributed by atoms with van der Waals surface area (Å²) in [5, 5.41) is 8.16. The molecule has 1 aromatic carbocycles. The molecule has 1 saturated carbocycles. The highest BCUT2D eigenvalue weighted by atomic mass is 79.9. The Kier molecular flexibility index (Phi) is 6.93. The van der Waals surface area contributed by atoms with E-state index in [0.29, 0.717) is 40.1 Å². The fourth-order valence-corrected chi connectivity index (χ4v) is 6.47. The SMILES string of the molecule is CC(=O)c1nn(CC(=O)N2C3C[C@]3(CN)C[C@H]2C(=O)Nc2nc(Br)ccc2C)c2c(C)cc(-c3cnc(C)nc3)cc12. The van der Waals surface area contributed by atoms with E-state index < -0.39 is 6.04 Å². The number of aryl methyl sites for hydroxylation is 3. The predicted molar refractivity (Wildman–Crippen MR) is 161 cm³/mol. The lowest BCUT2D eigenvalue weighted by Gasteiger charge is -2.27. The summed E-state index contributed by atoms with van der Waals surface area (Å²) in [4.78, 5) is 54.8. The van der Waals surface area contributed by atoms with Gasteiger partial charge in [0, 0.05) is 48.3 Å². The number of pyridine rings is 1. The summed E-state index contributed by atoms with van der Waals surface area (Å²) in [7, 11) is 0. The van der Waals surface area contributed by atoms with Gasteiger partial charge in [-0.15, -0.1) is 0 Å². The standard InChI is InChI=1S/C30H31BrN8O3/c1-15-5-6-24(31)35-28(15)36-29(42)22-9-30(14-32)10-23(30)39(22)25(41)13-38-27-16(2)7-19(20-11-33-18(4)34-12-20)8-21(27)26(37-38)17(3)40/h5-8,11-12,22-23H,9-10,13-14,32H2,1-4H3,(H,35,36,42)/t22-,23?,30-/m0/s1. The van der Waals surface area contributed by atoms with E-state index in [2.05, 4.69) is 41.3 Å². The lowest BCUT2D eigenvalue weighted by atomic mass is 9.99. The second kappa shape index (κ2) is 10.4. The number of hydrogen-bond acceptors (Lipinski definition) is 8. The number of hydrogen-bond donors (Lipinski definition) is 2. The van der Waals surface area contributed by atoms with Crippen LogP contribution in [0.1, 0.15) is 47.2 Å². The van der Waals surface area contributed by atoms with Gasteiger partial charge in [-0.25, -0.2) is 15.0 Å². The van der Waals surface area contributed by atoms with Crippen molar-refractivity contribution in [2.24, 2.45) is 11.1 Å². The van der Waals surface area contributed by atoms with E-state index in [1.807, 2.05) is 39.0 Å².